The van der Waals surface area contributed by atoms with Gasteiger partial charge in [0, 0.05) is 19.3 Å². The van der Waals surface area contributed by atoms with E-state index in [9.17, 15) is 14.4 Å². The molecule has 6 nitrogen and oxygen atoms in total. The van der Waals surface area contributed by atoms with Gasteiger partial charge >= 0.3 is 17.9 Å². The monoisotopic (exact) mass is 1160 g/mol. The first kappa shape index (κ1) is 80.4. The molecule has 0 rings (SSSR count). The predicted octanol–water partition coefficient (Wildman–Crippen LogP) is 25.7. The summed E-state index contributed by atoms with van der Waals surface area (Å²) in [7, 11) is 0. The number of allylic oxidation sites excluding steroid dienone is 8. The highest BCUT2D eigenvalue weighted by Crippen LogP contribution is 2.19. The van der Waals surface area contributed by atoms with Gasteiger partial charge in [0.1, 0.15) is 13.2 Å². The summed E-state index contributed by atoms with van der Waals surface area (Å²) in [5.41, 5.74) is 0. The quantitative estimate of drug-likeness (QED) is 0.0261. The van der Waals surface area contributed by atoms with Crippen molar-refractivity contribution < 1.29 is 28.6 Å². The summed E-state index contributed by atoms with van der Waals surface area (Å²) in [6, 6.07) is 0. The van der Waals surface area contributed by atoms with E-state index in [2.05, 4.69) is 69.4 Å². The van der Waals surface area contributed by atoms with Gasteiger partial charge < -0.3 is 14.2 Å². The highest BCUT2D eigenvalue weighted by atomic mass is 16.6. The van der Waals surface area contributed by atoms with E-state index in [1.165, 1.54) is 276 Å². The van der Waals surface area contributed by atoms with Gasteiger partial charge in [0.05, 0.1) is 0 Å². The molecule has 83 heavy (non-hydrogen) atoms. The van der Waals surface area contributed by atoms with Gasteiger partial charge in [-0.2, -0.15) is 0 Å². The minimum absolute atomic E-state index is 0.0772. The standard InChI is InChI=1S/C77H142O6/c1-4-7-10-13-16-19-22-25-28-30-32-33-34-35-36-37-38-39-40-41-42-43-44-45-47-49-52-55-58-61-64-67-70-76(79)82-73-74(72-81-75(78)69-66-63-60-57-54-51-48-27-24-21-18-15-12-9-6-3)83-77(80)71-68-65-62-59-56-53-50-46-31-29-26-23-20-17-14-11-8-5-2/h18,20-21,23,27,29,31,48,74H,4-17,19,22,24-26,28,30,32-47,49-73H2,1-3H3/b21-18-,23-20-,31-29-,48-27-. The van der Waals surface area contributed by atoms with Crippen molar-refractivity contribution >= 4 is 17.9 Å². The SMILES string of the molecule is CCCCC/C=C\C/C=C\CCCCCCCC(=O)OCC(COC(=O)CCCCCCCCCCCCCCCCCCCCCCCCCCCCCCCCCC)OC(=O)CCCCCCCCC/C=C\C/C=C\CCCCCC. The van der Waals surface area contributed by atoms with Gasteiger partial charge in [-0.25, -0.2) is 0 Å². The fourth-order valence-corrected chi connectivity index (χ4v) is 11.2. The molecular formula is C77H142O6. The van der Waals surface area contributed by atoms with Gasteiger partial charge in [0.25, 0.3) is 0 Å². The highest BCUT2D eigenvalue weighted by Gasteiger charge is 2.19. The van der Waals surface area contributed by atoms with Gasteiger partial charge in [-0.05, 0) is 83.5 Å². The number of ether oxygens (including phenoxy) is 3. The van der Waals surface area contributed by atoms with Gasteiger partial charge in [-0.15, -0.1) is 0 Å². The number of carbonyl (C=O) groups excluding carboxylic acids is 3. The molecule has 0 aromatic rings. The lowest BCUT2D eigenvalue weighted by Crippen LogP contribution is -2.30. The average Bonchev–Trinajstić information content (AvgIpc) is 3.49. The second-order valence-electron chi connectivity index (χ2n) is 25.2. The zero-order chi connectivity index (χ0) is 59.9. The maximum Gasteiger partial charge on any atom is 0.306 e. The molecule has 1 unspecified atom stereocenters. The van der Waals surface area contributed by atoms with Crippen LogP contribution in [0.3, 0.4) is 0 Å². The number of hydrogen-bond acceptors (Lipinski definition) is 6. The summed E-state index contributed by atoms with van der Waals surface area (Å²) in [5.74, 6) is -0.874. The van der Waals surface area contributed by atoms with Crippen LogP contribution in [-0.2, 0) is 28.6 Å². The Labute approximate surface area is 518 Å². The molecule has 0 amide bonds. The van der Waals surface area contributed by atoms with Crippen LogP contribution in [0.5, 0.6) is 0 Å². The van der Waals surface area contributed by atoms with E-state index < -0.39 is 6.10 Å². The molecule has 0 aromatic carbocycles. The summed E-state index contributed by atoms with van der Waals surface area (Å²) in [6.45, 7) is 6.65. The summed E-state index contributed by atoms with van der Waals surface area (Å²) in [6.07, 6.45) is 91.6. The lowest BCUT2D eigenvalue weighted by Gasteiger charge is -2.18. The maximum absolute atomic E-state index is 12.9. The second-order valence-corrected chi connectivity index (χ2v) is 25.2. The third kappa shape index (κ3) is 70.0. The Morgan fingerprint density at radius 2 is 0.434 bits per heavy atom. The Bertz CT molecular complexity index is 1430. The normalized spacial score (nSPS) is 12.3. The molecule has 0 spiro atoms. The lowest BCUT2D eigenvalue weighted by molar-refractivity contribution is -0.167. The van der Waals surface area contributed by atoms with Gasteiger partial charge in [0.15, 0.2) is 6.10 Å². The van der Waals surface area contributed by atoms with Crippen LogP contribution in [0.1, 0.15) is 406 Å². The molecule has 0 saturated carbocycles. The van der Waals surface area contributed by atoms with Crippen molar-refractivity contribution in [3.8, 4) is 0 Å². The first-order valence-corrected chi connectivity index (χ1v) is 37.1. The third-order valence-corrected chi connectivity index (χ3v) is 16.8. The first-order chi connectivity index (χ1) is 41.0. The van der Waals surface area contributed by atoms with Crippen molar-refractivity contribution in [2.45, 2.75) is 412 Å². The summed E-state index contributed by atoms with van der Waals surface area (Å²) in [4.78, 5) is 38.4. The molecule has 0 heterocycles. The Morgan fingerprint density at radius 3 is 0.699 bits per heavy atom. The van der Waals surface area contributed by atoms with E-state index in [0.717, 1.165) is 89.9 Å². The number of rotatable bonds is 69. The van der Waals surface area contributed by atoms with Crippen molar-refractivity contribution in [2.75, 3.05) is 13.2 Å². The van der Waals surface area contributed by atoms with Crippen LogP contribution in [0.25, 0.3) is 0 Å². The summed E-state index contributed by atoms with van der Waals surface area (Å²) >= 11 is 0. The third-order valence-electron chi connectivity index (χ3n) is 16.8. The van der Waals surface area contributed by atoms with E-state index in [0.29, 0.717) is 19.3 Å². The smallest absolute Gasteiger partial charge is 0.306 e. The van der Waals surface area contributed by atoms with Gasteiger partial charge in [-0.1, -0.05) is 352 Å². The minimum atomic E-state index is -0.783. The molecule has 486 valence electrons. The van der Waals surface area contributed by atoms with E-state index >= 15 is 0 Å². The number of hydrogen-bond donors (Lipinski definition) is 0. The molecule has 6 heteroatoms. The molecular weight excluding hydrogens is 1020 g/mol. The summed E-state index contributed by atoms with van der Waals surface area (Å²) in [5, 5.41) is 0. The maximum atomic E-state index is 12.9. The van der Waals surface area contributed by atoms with E-state index in [4.69, 9.17) is 14.2 Å². The van der Waals surface area contributed by atoms with E-state index in [1.54, 1.807) is 0 Å². The molecule has 0 aromatic heterocycles. The molecule has 0 bridgehead atoms. The zero-order valence-corrected chi connectivity index (χ0v) is 56.0. The number of carbonyl (C=O) groups is 3. The predicted molar refractivity (Wildman–Crippen MR) is 362 cm³/mol. The topological polar surface area (TPSA) is 78.9 Å². The molecule has 0 aliphatic carbocycles. The van der Waals surface area contributed by atoms with Gasteiger partial charge in [0.2, 0.25) is 0 Å². The first-order valence-electron chi connectivity index (χ1n) is 37.1. The largest absolute Gasteiger partial charge is 0.462 e. The Hall–Kier alpha value is -2.63. The van der Waals surface area contributed by atoms with Crippen LogP contribution in [0.4, 0.5) is 0 Å². The second kappa shape index (κ2) is 71.8. The molecule has 0 aliphatic heterocycles. The summed E-state index contributed by atoms with van der Waals surface area (Å²) < 4.78 is 17.0. The molecule has 0 aliphatic rings. The molecule has 1 atom stereocenters. The fourth-order valence-electron chi connectivity index (χ4n) is 11.2. The minimum Gasteiger partial charge on any atom is -0.462 e. The lowest BCUT2D eigenvalue weighted by atomic mass is 10.0. The van der Waals surface area contributed by atoms with E-state index in [1.807, 2.05) is 0 Å². The zero-order valence-electron chi connectivity index (χ0n) is 56.0. The number of esters is 3. The average molecular weight is 1160 g/mol. The molecule has 0 fully saturated rings. The molecule has 0 N–H and O–H groups in total. The van der Waals surface area contributed by atoms with Crippen molar-refractivity contribution in [2.24, 2.45) is 0 Å². The number of unbranched alkanes of at least 4 members (excludes halogenated alkanes) is 50. The van der Waals surface area contributed by atoms with E-state index in [-0.39, 0.29) is 31.1 Å². The Balaban J connectivity index is 4.17. The Morgan fingerprint density at radius 1 is 0.241 bits per heavy atom. The van der Waals surface area contributed by atoms with Crippen LogP contribution in [-0.4, -0.2) is 37.2 Å². The van der Waals surface area contributed by atoms with Crippen LogP contribution >= 0.6 is 0 Å². The molecule has 0 radical (unpaired) electrons. The van der Waals surface area contributed by atoms with Gasteiger partial charge in [-0.3, -0.25) is 14.4 Å². The van der Waals surface area contributed by atoms with Crippen LogP contribution in [0.15, 0.2) is 48.6 Å². The van der Waals surface area contributed by atoms with Crippen LogP contribution < -0.4 is 0 Å². The Kier molecular flexibility index (Phi) is 69.6. The fraction of sp³-hybridized carbons (Fsp3) is 0.857. The van der Waals surface area contributed by atoms with Crippen LogP contribution in [0, 0.1) is 0 Å². The van der Waals surface area contributed by atoms with Crippen LogP contribution in [0.2, 0.25) is 0 Å². The van der Waals surface area contributed by atoms with Crippen molar-refractivity contribution in [1.82, 2.24) is 0 Å². The van der Waals surface area contributed by atoms with Crippen molar-refractivity contribution in [3.05, 3.63) is 48.6 Å². The molecule has 0 saturated heterocycles. The van der Waals surface area contributed by atoms with Crippen molar-refractivity contribution in [1.29, 1.82) is 0 Å². The van der Waals surface area contributed by atoms with Crippen molar-refractivity contribution in [3.63, 3.8) is 0 Å². The highest BCUT2D eigenvalue weighted by molar-refractivity contribution is 5.71.